The van der Waals surface area contributed by atoms with Crippen LogP contribution in [0.1, 0.15) is 50.3 Å². The lowest BCUT2D eigenvalue weighted by Crippen LogP contribution is -2.37. The summed E-state index contributed by atoms with van der Waals surface area (Å²) in [5.74, 6) is 0.203. The van der Waals surface area contributed by atoms with Gasteiger partial charge >= 0.3 is 0 Å². The molecule has 3 nitrogen and oxygen atoms in total. The SMILES string of the molecule is CCc1ccc2c(c1)CN(C(CCC(C)O)C(C)=O)C2. The Labute approximate surface area is 121 Å². The summed E-state index contributed by atoms with van der Waals surface area (Å²) >= 11 is 0. The number of Topliss-reactive ketones (excluding diaryl/α,β-unsaturated/α-hetero) is 1. The van der Waals surface area contributed by atoms with Crippen LogP contribution in [-0.2, 0) is 24.3 Å². The lowest BCUT2D eigenvalue weighted by molar-refractivity contribution is -0.122. The molecule has 2 unspecified atom stereocenters. The van der Waals surface area contributed by atoms with E-state index in [1.165, 1.54) is 16.7 Å². The predicted octanol–water partition coefficient (Wildman–Crippen LogP) is 2.68. The van der Waals surface area contributed by atoms with Gasteiger partial charge in [0.1, 0.15) is 5.78 Å². The quantitative estimate of drug-likeness (QED) is 0.867. The second-order valence-corrected chi connectivity index (χ2v) is 5.91. The van der Waals surface area contributed by atoms with Crippen molar-refractivity contribution < 1.29 is 9.90 Å². The molecule has 110 valence electrons. The van der Waals surface area contributed by atoms with Gasteiger partial charge in [-0.2, -0.15) is 0 Å². The molecule has 1 aliphatic rings. The molecule has 1 aliphatic heterocycles. The number of carbonyl (C=O) groups excluding carboxylic acids is 1. The van der Waals surface area contributed by atoms with Gasteiger partial charge in [-0.05, 0) is 49.8 Å². The lowest BCUT2D eigenvalue weighted by Gasteiger charge is -2.25. The number of fused-ring (bicyclic) bond motifs is 1. The van der Waals surface area contributed by atoms with E-state index in [9.17, 15) is 9.90 Å². The number of rotatable bonds is 6. The van der Waals surface area contributed by atoms with Crippen LogP contribution in [0.2, 0.25) is 0 Å². The number of aliphatic hydroxyl groups is 1. The van der Waals surface area contributed by atoms with Crippen molar-refractivity contribution in [2.24, 2.45) is 0 Å². The van der Waals surface area contributed by atoms with Gasteiger partial charge in [-0.15, -0.1) is 0 Å². The maximum absolute atomic E-state index is 11.9. The minimum absolute atomic E-state index is 0.0675. The fourth-order valence-corrected chi connectivity index (χ4v) is 2.96. The second-order valence-electron chi connectivity index (χ2n) is 5.91. The first kappa shape index (κ1) is 15.2. The van der Waals surface area contributed by atoms with Crippen LogP contribution in [0, 0.1) is 0 Å². The van der Waals surface area contributed by atoms with Crippen molar-refractivity contribution in [3.63, 3.8) is 0 Å². The molecule has 20 heavy (non-hydrogen) atoms. The Kier molecular flexibility index (Phi) is 4.95. The standard InChI is InChI=1S/C17H25NO2/c1-4-14-6-7-15-10-18(11-16(15)9-14)17(13(3)20)8-5-12(2)19/h6-7,9,12,17,19H,4-5,8,10-11H2,1-3H3. The Morgan fingerprint density at radius 1 is 1.30 bits per heavy atom. The zero-order valence-electron chi connectivity index (χ0n) is 12.7. The Bertz CT molecular complexity index is 482. The summed E-state index contributed by atoms with van der Waals surface area (Å²) in [5, 5.41) is 9.44. The first-order valence-corrected chi connectivity index (χ1v) is 7.54. The molecule has 1 N–H and O–H groups in total. The normalized spacial score (nSPS) is 17.8. The minimum atomic E-state index is -0.339. The number of hydrogen-bond acceptors (Lipinski definition) is 3. The number of nitrogens with zero attached hydrogens (tertiary/aromatic N) is 1. The van der Waals surface area contributed by atoms with Gasteiger partial charge in [0.25, 0.3) is 0 Å². The fraction of sp³-hybridized carbons (Fsp3) is 0.588. The molecule has 1 heterocycles. The Morgan fingerprint density at radius 2 is 2.00 bits per heavy atom. The molecule has 0 spiro atoms. The highest BCUT2D eigenvalue weighted by atomic mass is 16.3. The van der Waals surface area contributed by atoms with Crippen LogP contribution in [0.4, 0.5) is 0 Å². The molecule has 0 saturated heterocycles. The number of benzene rings is 1. The monoisotopic (exact) mass is 275 g/mol. The van der Waals surface area contributed by atoms with Crippen LogP contribution in [0.15, 0.2) is 18.2 Å². The third kappa shape index (κ3) is 3.47. The third-order valence-electron chi connectivity index (χ3n) is 4.19. The highest BCUT2D eigenvalue weighted by molar-refractivity contribution is 5.81. The van der Waals surface area contributed by atoms with Crippen LogP contribution in [0.3, 0.4) is 0 Å². The average Bonchev–Trinajstić information content (AvgIpc) is 2.80. The summed E-state index contributed by atoms with van der Waals surface area (Å²) in [6.07, 6.45) is 2.12. The zero-order valence-corrected chi connectivity index (χ0v) is 12.7. The van der Waals surface area contributed by atoms with Crippen molar-refractivity contribution in [1.82, 2.24) is 4.90 Å². The van der Waals surface area contributed by atoms with Crippen molar-refractivity contribution in [2.45, 2.75) is 65.3 Å². The molecule has 0 radical (unpaired) electrons. The summed E-state index contributed by atoms with van der Waals surface area (Å²) in [5.41, 5.74) is 4.05. The molecule has 3 heteroatoms. The van der Waals surface area contributed by atoms with E-state index in [1.54, 1.807) is 13.8 Å². The maximum Gasteiger partial charge on any atom is 0.146 e. The largest absolute Gasteiger partial charge is 0.393 e. The van der Waals surface area contributed by atoms with Gasteiger partial charge in [0, 0.05) is 13.1 Å². The molecular weight excluding hydrogens is 250 g/mol. The molecule has 1 aromatic rings. The van der Waals surface area contributed by atoms with E-state index in [2.05, 4.69) is 30.0 Å². The molecule has 0 fully saturated rings. The van der Waals surface area contributed by atoms with Gasteiger partial charge in [0.15, 0.2) is 0 Å². The van der Waals surface area contributed by atoms with Gasteiger partial charge in [-0.3, -0.25) is 9.69 Å². The summed E-state index contributed by atoms with van der Waals surface area (Å²) < 4.78 is 0. The van der Waals surface area contributed by atoms with E-state index < -0.39 is 0 Å². The molecule has 1 aromatic carbocycles. The van der Waals surface area contributed by atoms with E-state index in [0.717, 1.165) is 25.9 Å². The predicted molar refractivity (Wildman–Crippen MR) is 80.5 cm³/mol. The van der Waals surface area contributed by atoms with Crippen LogP contribution in [0.5, 0.6) is 0 Å². The van der Waals surface area contributed by atoms with Crippen LogP contribution < -0.4 is 0 Å². The highest BCUT2D eigenvalue weighted by Crippen LogP contribution is 2.27. The van der Waals surface area contributed by atoms with E-state index in [0.29, 0.717) is 6.42 Å². The molecule has 0 aliphatic carbocycles. The Hall–Kier alpha value is -1.19. The van der Waals surface area contributed by atoms with E-state index >= 15 is 0 Å². The number of aliphatic hydroxyl groups excluding tert-OH is 1. The first-order valence-electron chi connectivity index (χ1n) is 7.54. The lowest BCUT2D eigenvalue weighted by atomic mass is 10.0. The number of carbonyl (C=O) groups is 1. The van der Waals surface area contributed by atoms with Gasteiger partial charge in [-0.25, -0.2) is 0 Å². The summed E-state index contributed by atoms with van der Waals surface area (Å²) in [6, 6.07) is 6.57. The van der Waals surface area contributed by atoms with Crippen LogP contribution in [-0.4, -0.2) is 27.9 Å². The maximum atomic E-state index is 11.9. The van der Waals surface area contributed by atoms with Gasteiger partial charge in [0.2, 0.25) is 0 Å². The minimum Gasteiger partial charge on any atom is -0.393 e. The number of aryl methyl sites for hydroxylation is 1. The van der Waals surface area contributed by atoms with Gasteiger partial charge < -0.3 is 5.11 Å². The van der Waals surface area contributed by atoms with E-state index in [-0.39, 0.29) is 17.9 Å². The number of hydrogen-bond donors (Lipinski definition) is 1. The number of ketones is 1. The molecule has 2 rings (SSSR count). The Morgan fingerprint density at radius 3 is 2.60 bits per heavy atom. The van der Waals surface area contributed by atoms with Crippen molar-refractivity contribution in [2.75, 3.05) is 0 Å². The second kappa shape index (κ2) is 6.51. The fourth-order valence-electron chi connectivity index (χ4n) is 2.96. The van der Waals surface area contributed by atoms with Gasteiger partial charge in [0.05, 0.1) is 12.1 Å². The van der Waals surface area contributed by atoms with E-state index in [1.807, 2.05) is 0 Å². The third-order valence-corrected chi connectivity index (χ3v) is 4.19. The topological polar surface area (TPSA) is 40.5 Å². The summed E-state index contributed by atoms with van der Waals surface area (Å²) in [6.45, 7) is 7.31. The molecule has 0 aromatic heterocycles. The summed E-state index contributed by atoms with van der Waals surface area (Å²) in [4.78, 5) is 14.1. The molecule has 0 bridgehead atoms. The van der Waals surface area contributed by atoms with Crippen LogP contribution >= 0.6 is 0 Å². The van der Waals surface area contributed by atoms with Crippen LogP contribution in [0.25, 0.3) is 0 Å². The molecule has 2 atom stereocenters. The molecular formula is C17H25NO2. The molecule has 0 saturated carbocycles. The van der Waals surface area contributed by atoms with Gasteiger partial charge in [-0.1, -0.05) is 25.1 Å². The smallest absolute Gasteiger partial charge is 0.146 e. The Balaban J connectivity index is 2.08. The van der Waals surface area contributed by atoms with Crippen molar-refractivity contribution in [3.05, 3.63) is 34.9 Å². The molecule has 0 amide bonds. The van der Waals surface area contributed by atoms with Crippen molar-refractivity contribution in [3.8, 4) is 0 Å². The highest BCUT2D eigenvalue weighted by Gasteiger charge is 2.28. The average molecular weight is 275 g/mol. The first-order chi connectivity index (χ1) is 9.51. The van der Waals surface area contributed by atoms with Crippen molar-refractivity contribution in [1.29, 1.82) is 0 Å². The van der Waals surface area contributed by atoms with Crippen molar-refractivity contribution >= 4 is 5.78 Å². The zero-order chi connectivity index (χ0) is 14.7. The summed E-state index contributed by atoms with van der Waals surface area (Å²) in [7, 11) is 0. The van der Waals surface area contributed by atoms with E-state index in [4.69, 9.17) is 0 Å².